The molecule has 1 aromatic heterocycles. The van der Waals surface area contributed by atoms with Gasteiger partial charge in [-0.1, -0.05) is 30.3 Å². The van der Waals surface area contributed by atoms with Crippen molar-refractivity contribution in [3.05, 3.63) is 64.7 Å². The van der Waals surface area contributed by atoms with Crippen LogP contribution in [0.3, 0.4) is 0 Å². The summed E-state index contributed by atoms with van der Waals surface area (Å²) in [5, 5.41) is 0.499. The van der Waals surface area contributed by atoms with Gasteiger partial charge in [0.1, 0.15) is 0 Å². The normalized spacial score (nSPS) is 20.0. The van der Waals surface area contributed by atoms with Gasteiger partial charge in [-0.05, 0) is 37.3 Å². The summed E-state index contributed by atoms with van der Waals surface area (Å²) in [5.74, 6) is 1.11. The summed E-state index contributed by atoms with van der Waals surface area (Å²) in [4.78, 5) is 34.4. The minimum atomic E-state index is -0.117. The Morgan fingerprint density at radius 2 is 1.81 bits per heavy atom. The number of hydrogen-bond acceptors (Lipinski definition) is 6. The second-order valence-corrected chi connectivity index (χ2v) is 9.72. The van der Waals surface area contributed by atoms with E-state index in [1.54, 1.807) is 30.1 Å². The highest BCUT2D eigenvalue weighted by Gasteiger charge is 2.30. The zero-order valence-electron chi connectivity index (χ0n) is 21.5. The van der Waals surface area contributed by atoms with Gasteiger partial charge in [0.25, 0.3) is 5.56 Å². The molecule has 9 heteroatoms. The molecule has 2 fully saturated rings. The fourth-order valence-corrected chi connectivity index (χ4v) is 5.17. The number of hydrogen-bond donors (Lipinski definition) is 0. The molecule has 0 atom stereocenters. The van der Waals surface area contributed by atoms with Crippen molar-refractivity contribution in [3.63, 3.8) is 0 Å². The van der Waals surface area contributed by atoms with Crippen molar-refractivity contribution in [2.45, 2.75) is 44.4 Å². The Morgan fingerprint density at radius 3 is 2.51 bits per heavy atom. The van der Waals surface area contributed by atoms with Gasteiger partial charge in [-0.25, -0.2) is 9.78 Å². The average Bonchev–Trinajstić information content (AvgIpc) is 2.95. The number of carbonyl (C=O) groups excluding carboxylic acids is 1. The first-order chi connectivity index (χ1) is 18.0. The molecule has 0 spiro atoms. The van der Waals surface area contributed by atoms with E-state index in [1.165, 1.54) is 0 Å². The third-order valence-corrected chi connectivity index (χ3v) is 7.37. The molecular formula is C28H34N4O5. The number of amides is 2. The zero-order chi connectivity index (χ0) is 25.8. The number of nitrogens with zero attached hydrogens (tertiary/aromatic N) is 4. The van der Waals surface area contributed by atoms with Gasteiger partial charge in [0.15, 0.2) is 11.5 Å². The number of carbonyl (C=O) groups is 1. The first kappa shape index (κ1) is 25.1. The van der Waals surface area contributed by atoms with Gasteiger partial charge in [0.05, 0.1) is 50.2 Å². The summed E-state index contributed by atoms with van der Waals surface area (Å²) < 4.78 is 18.9. The number of fused-ring (bicyclic) bond motifs is 1. The van der Waals surface area contributed by atoms with Crippen molar-refractivity contribution in [2.75, 3.05) is 40.5 Å². The van der Waals surface area contributed by atoms with Gasteiger partial charge in [-0.2, -0.15) is 0 Å². The lowest BCUT2D eigenvalue weighted by Crippen LogP contribution is -2.51. The van der Waals surface area contributed by atoms with Gasteiger partial charge >= 0.3 is 6.03 Å². The molecule has 0 N–H and O–H groups in total. The van der Waals surface area contributed by atoms with Crippen molar-refractivity contribution in [1.82, 2.24) is 19.4 Å². The minimum absolute atomic E-state index is 0.0160. The number of aromatic nitrogens is 2. The fraction of sp³-hybridized carbons (Fsp3) is 0.464. The molecule has 37 heavy (non-hydrogen) atoms. The molecule has 2 amide bonds. The SMILES string of the molecule is COc1cc2ncn(Cc3ccccc3)c(=O)c2cc1O[C@H]1CC[C@H](N(C)C(=O)N2CCOCC2)CC1. The highest BCUT2D eigenvalue weighted by atomic mass is 16.5. The molecule has 9 nitrogen and oxygen atoms in total. The Morgan fingerprint density at radius 1 is 1.08 bits per heavy atom. The van der Waals surface area contributed by atoms with E-state index in [0.717, 1.165) is 31.2 Å². The van der Waals surface area contributed by atoms with Gasteiger partial charge in [-0.15, -0.1) is 0 Å². The molecule has 0 bridgehead atoms. The van der Waals surface area contributed by atoms with Crippen LogP contribution in [0.25, 0.3) is 10.9 Å². The van der Waals surface area contributed by atoms with Crippen LogP contribution in [0.5, 0.6) is 11.5 Å². The lowest BCUT2D eigenvalue weighted by Gasteiger charge is -2.38. The maximum Gasteiger partial charge on any atom is 0.320 e. The minimum Gasteiger partial charge on any atom is -0.493 e. The van der Waals surface area contributed by atoms with Gasteiger partial charge in [0, 0.05) is 32.2 Å². The van der Waals surface area contributed by atoms with Crippen LogP contribution in [0.4, 0.5) is 4.79 Å². The number of urea groups is 1. The van der Waals surface area contributed by atoms with Gasteiger partial charge in [-0.3, -0.25) is 9.36 Å². The maximum absolute atomic E-state index is 13.3. The van der Waals surface area contributed by atoms with Crippen LogP contribution in [0.15, 0.2) is 53.6 Å². The van der Waals surface area contributed by atoms with Crippen molar-refractivity contribution in [3.8, 4) is 11.5 Å². The van der Waals surface area contributed by atoms with E-state index < -0.39 is 0 Å². The summed E-state index contributed by atoms with van der Waals surface area (Å²) in [6.07, 6.45) is 4.92. The topological polar surface area (TPSA) is 86.1 Å². The second kappa shape index (κ2) is 11.2. The summed E-state index contributed by atoms with van der Waals surface area (Å²) in [6, 6.07) is 13.6. The predicted octanol–water partition coefficient (Wildman–Crippen LogP) is 3.53. The van der Waals surface area contributed by atoms with Crippen molar-refractivity contribution >= 4 is 16.9 Å². The summed E-state index contributed by atoms with van der Waals surface area (Å²) in [7, 11) is 3.48. The van der Waals surface area contributed by atoms with Crippen LogP contribution in [0, 0.1) is 0 Å². The maximum atomic E-state index is 13.3. The van der Waals surface area contributed by atoms with E-state index in [9.17, 15) is 9.59 Å². The standard InChI is InChI=1S/C28H34N4O5/c1-30(28(34)31-12-14-36-15-13-31)21-8-10-22(11-9-21)37-26-16-23-24(17-25(26)35-2)29-19-32(27(23)33)18-20-6-4-3-5-7-20/h3-7,16-17,19,21-22H,8-15,18H2,1-2H3/t21-,22-. The summed E-state index contributed by atoms with van der Waals surface area (Å²) >= 11 is 0. The monoisotopic (exact) mass is 506 g/mol. The van der Waals surface area contributed by atoms with E-state index >= 15 is 0 Å². The third kappa shape index (κ3) is 5.56. The number of benzene rings is 2. The summed E-state index contributed by atoms with van der Waals surface area (Å²) in [5.41, 5.74) is 1.49. The Labute approximate surface area is 216 Å². The van der Waals surface area contributed by atoms with Crippen molar-refractivity contribution in [1.29, 1.82) is 0 Å². The van der Waals surface area contributed by atoms with E-state index in [2.05, 4.69) is 4.98 Å². The molecule has 2 aliphatic rings. The number of ether oxygens (including phenoxy) is 3. The first-order valence-electron chi connectivity index (χ1n) is 12.9. The first-order valence-corrected chi connectivity index (χ1v) is 12.9. The lowest BCUT2D eigenvalue weighted by molar-refractivity contribution is 0.0369. The quantitative estimate of drug-likeness (QED) is 0.509. The summed E-state index contributed by atoms with van der Waals surface area (Å²) in [6.45, 7) is 2.93. The highest BCUT2D eigenvalue weighted by molar-refractivity contribution is 5.81. The van der Waals surface area contributed by atoms with E-state index in [0.29, 0.717) is 55.2 Å². The molecule has 3 aromatic rings. The van der Waals surface area contributed by atoms with Gasteiger partial charge in [0.2, 0.25) is 0 Å². The van der Waals surface area contributed by atoms with Crippen molar-refractivity contribution in [2.24, 2.45) is 0 Å². The Bertz CT molecular complexity index is 1280. The molecule has 1 aliphatic carbocycles. The van der Waals surface area contributed by atoms with Crippen LogP contribution in [-0.4, -0.2) is 78.0 Å². The van der Waals surface area contributed by atoms with Crippen LogP contribution in [0.2, 0.25) is 0 Å². The largest absolute Gasteiger partial charge is 0.493 e. The molecule has 1 aliphatic heterocycles. The molecular weight excluding hydrogens is 472 g/mol. The Hall–Kier alpha value is -3.59. The smallest absolute Gasteiger partial charge is 0.320 e. The van der Waals surface area contributed by atoms with E-state index in [-0.39, 0.29) is 23.7 Å². The van der Waals surface area contributed by atoms with Crippen LogP contribution in [-0.2, 0) is 11.3 Å². The average molecular weight is 507 g/mol. The molecule has 196 valence electrons. The van der Waals surface area contributed by atoms with E-state index in [4.69, 9.17) is 14.2 Å². The lowest BCUT2D eigenvalue weighted by atomic mass is 9.92. The Kier molecular flexibility index (Phi) is 7.60. The van der Waals surface area contributed by atoms with Gasteiger partial charge < -0.3 is 24.0 Å². The number of morpholine rings is 1. The molecule has 1 saturated carbocycles. The predicted molar refractivity (Wildman–Crippen MR) is 140 cm³/mol. The Balaban J connectivity index is 1.28. The number of methoxy groups -OCH3 is 1. The van der Waals surface area contributed by atoms with Crippen LogP contribution >= 0.6 is 0 Å². The molecule has 2 aromatic carbocycles. The molecule has 0 unspecified atom stereocenters. The molecule has 5 rings (SSSR count). The third-order valence-electron chi connectivity index (χ3n) is 7.37. The highest BCUT2D eigenvalue weighted by Crippen LogP contribution is 2.34. The molecule has 1 saturated heterocycles. The number of rotatable bonds is 6. The molecule has 0 radical (unpaired) electrons. The zero-order valence-corrected chi connectivity index (χ0v) is 21.5. The van der Waals surface area contributed by atoms with E-state index in [1.807, 2.05) is 47.2 Å². The fourth-order valence-electron chi connectivity index (χ4n) is 5.17. The molecule has 2 heterocycles. The second-order valence-electron chi connectivity index (χ2n) is 9.72. The van der Waals surface area contributed by atoms with Crippen molar-refractivity contribution < 1.29 is 19.0 Å². The van der Waals surface area contributed by atoms with Crippen LogP contribution < -0.4 is 15.0 Å². The van der Waals surface area contributed by atoms with Crippen LogP contribution in [0.1, 0.15) is 31.2 Å².